The van der Waals surface area contributed by atoms with Crippen molar-refractivity contribution in [3.63, 3.8) is 0 Å². The number of aromatic nitrogens is 3. The van der Waals surface area contributed by atoms with Gasteiger partial charge in [0, 0.05) is 18.0 Å². The van der Waals surface area contributed by atoms with Crippen LogP contribution in [0.15, 0.2) is 28.5 Å². The Morgan fingerprint density at radius 1 is 1.32 bits per heavy atom. The van der Waals surface area contributed by atoms with Gasteiger partial charge in [-0.15, -0.1) is 11.3 Å². The number of benzene rings is 1. The molecule has 1 amide bonds. The minimum absolute atomic E-state index is 0.0122. The van der Waals surface area contributed by atoms with E-state index >= 15 is 0 Å². The summed E-state index contributed by atoms with van der Waals surface area (Å²) < 4.78 is 33.2. The molecule has 0 fully saturated rings. The Balaban J connectivity index is 1.63. The summed E-state index contributed by atoms with van der Waals surface area (Å²) in [5.41, 5.74) is 2.85. The van der Waals surface area contributed by atoms with Crippen LogP contribution in [0.4, 0.5) is 10.8 Å². The van der Waals surface area contributed by atoms with E-state index in [9.17, 15) is 13.2 Å². The summed E-state index contributed by atoms with van der Waals surface area (Å²) in [7, 11) is -2.12. The van der Waals surface area contributed by atoms with Crippen LogP contribution in [0, 0.1) is 13.8 Å². The van der Waals surface area contributed by atoms with Gasteiger partial charge in [-0.2, -0.15) is 5.10 Å². The molecule has 0 radical (unpaired) electrons. The van der Waals surface area contributed by atoms with E-state index in [0.29, 0.717) is 28.5 Å². The van der Waals surface area contributed by atoms with Crippen LogP contribution < -0.4 is 14.4 Å². The number of nitrogens with one attached hydrogen (secondary N) is 2. The van der Waals surface area contributed by atoms with Gasteiger partial charge >= 0.3 is 0 Å². The number of likely N-dealkylation sites (N-methyl/N-ethyl adjacent to an activating group) is 1. The second-order valence-electron chi connectivity index (χ2n) is 6.33. The Hall–Kier alpha value is -2.92. The van der Waals surface area contributed by atoms with Gasteiger partial charge < -0.3 is 9.64 Å². The minimum Gasteiger partial charge on any atom is -0.482 e. The highest BCUT2D eigenvalue weighted by atomic mass is 32.2. The average Bonchev–Trinajstić information content (AvgIpc) is 3.24. The molecule has 3 aromatic rings. The number of carbonyl (C=O) groups is 1. The number of nitrogens with zero attached hydrogens (tertiary/aromatic N) is 3. The molecule has 1 aliphatic rings. The number of anilines is 2. The maximum atomic E-state index is 12.7. The molecule has 146 valence electrons. The lowest BCUT2D eigenvalue weighted by atomic mass is 10.1. The molecule has 11 heteroatoms. The lowest BCUT2D eigenvalue weighted by Gasteiger charge is -2.26. The molecule has 0 bridgehead atoms. The monoisotopic (exact) mass is 419 g/mol. The first-order valence-electron chi connectivity index (χ1n) is 8.30. The van der Waals surface area contributed by atoms with Gasteiger partial charge in [-0.25, -0.2) is 13.4 Å². The van der Waals surface area contributed by atoms with Gasteiger partial charge in [0.05, 0.1) is 22.8 Å². The number of amides is 1. The highest BCUT2D eigenvalue weighted by Gasteiger charge is 2.25. The molecule has 0 spiro atoms. The van der Waals surface area contributed by atoms with Crippen LogP contribution in [0.5, 0.6) is 5.75 Å². The number of sulfonamides is 1. The smallest absolute Gasteiger partial charge is 0.267 e. The van der Waals surface area contributed by atoms with Crippen LogP contribution in [-0.4, -0.2) is 43.2 Å². The fraction of sp³-hybridized carbons (Fsp3) is 0.235. The lowest BCUT2D eigenvalue weighted by Crippen LogP contribution is -2.35. The summed E-state index contributed by atoms with van der Waals surface area (Å²) in [5.74, 6) is 0.482. The maximum Gasteiger partial charge on any atom is 0.267 e. The summed E-state index contributed by atoms with van der Waals surface area (Å²) >= 11 is 1.18. The van der Waals surface area contributed by atoms with Crippen LogP contribution in [0.2, 0.25) is 0 Å². The molecule has 0 saturated carbocycles. The SMILES string of the molecule is Cc1n[nH]c(C)c1S(=O)(=O)Nc1nc(-c2ccc3c(c2)N(C)C(=O)CO3)cs1. The Labute approximate surface area is 165 Å². The second-order valence-corrected chi connectivity index (χ2v) is 8.81. The van der Waals surface area contributed by atoms with Crippen molar-refractivity contribution < 1.29 is 17.9 Å². The van der Waals surface area contributed by atoms with Crippen molar-refractivity contribution in [1.29, 1.82) is 0 Å². The van der Waals surface area contributed by atoms with Crippen molar-refractivity contribution in [2.75, 3.05) is 23.3 Å². The van der Waals surface area contributed by atoms with Crippen molar-refractivity contribution in [2.45, 2.75) is 18.7 Å². The normalized spacial score (nSPS) is 14.0. The molecular weight excluding hydrogens is 402 g/mol. The largest absolute Gasteiger partial charge is 0.482 e. The zero-order valence-electron chi connectivity index (χ0n) is 15.3. The molecule has 3 heterocycles. The third-order valence-corrected chi connectivity index (χ3v) is 6.88. The number of hydrogen-bond donors (Lipinski definition) is 2. The third-order valence-electron chi connectivity index (χ3n) is 4.40. The number of ether oxygens (including phenoxy) is 1. The fourth-order valence-corrected chi connectivity index (χ4v) is 5.33. The third kappa shape index (κ3) is 3.12. The molecule has 1 aliphatic heterocycles. The number of aromatic amines is 1. The molecule has 28 heavy (non-hydrogen) atoms. The summed E-state index contributed by atoms with van der Waals surface area (Å²) in [5, 5.41) is 8.59. The topological polar surface area (TPSA) is 117 Å². The molecule has 2 N–H and O–H groups in total. The van der Waals surface area contributed by atoms with Gasteiger partial charge in [0.15, 0.2) is 11.7 Å². The number of hydrogen-bond acceptors (Lipinski definition) is 7. The van der Waals surface area contributed by atoms with Gasteiger partial charge in [-0.1, -0.05) is 0 Å². The predicted octanol–water partition coefficient (Wildman–Crippen LogP) is 2.31. The van der Waals surface area contributed by atoms with E-state index in [1.165, 1.54) is 16.2 Å². The first-order chi connectivity index (χ1) is 13.3. The van der Waals surface area contributed by atoms with Crippen molar-refractivity contribution in [3.05, 3.63) is 35.0 Å². The Bertz CT molecular complexity index is 1160. The molecular formula is C17H17N5O4S2. The molecule has 1 aromatic carbocycles. The standard InChI is InChI=1S/C17H17N5O4S2/c1-9-16(10(2)20-19-9)28(24,25)21-17-18-12(8-27-17)11-4-5-14-13(6-11)22(3)15(23)7-26-14/h4-6,8H,7H2,1-3H3,(H,18,21)(H,19,20). The molecule has 0 saturated heterocycles. The molecule has 9 nitrogen and oxygen atoms in total. The van der Waals surface area contributed by atoms with Gasteiger partial charge in [0.25, 0.3) is 15.9 Å². The van der Waals surface area contributed by atoms with E-state index < -0.39 is 10.0 Å². The van der Waals surface area contributed by atoms with Crippen LogP contribution in [0.1, 0.15) is 11.4 Å². The molecule has 4 rings (SSSR count). The number of H-pyrrole nitrogens is 1. The van der Waals surface area contributed by atoms with Crippen molar-refractivity contribution >= 4 is 38.1 Å². The summed E-state index contributed by atoms with van der Waals surface area (Å²) in [6.45, 7) is 3.28. The quantitative estimate of drug-likeness (QED) is 0.670. The predicted molar refractivity (Wildman–Crippen MR) is 105 cm³/mol. The number of thiazole rings is 1. The van der Waals surface area contributed by atoms with E-state index in [-0.39, 0.29) is 22.5 Å². The van der Waals surface area contributed by atoms with Gasteiger partial charge in [0.1, 0.15) is 10.6 Å². The first kappa shape index (κ1) is 18.4. The van der Waals surface area contributed by atoms with Gasteiger partial charge in [0.2, 0.25) is 0 Å². The number of rotatable bonds is 4. The van der Waals surface area contributed by atoms with Gasteiger partial charge in [-0.3, -0.25) is 14.6 Å². The van der Waals surface area contributed by atoms with E-state index in [1.54, 1.807) is 38.4 Å². The Morgan fingerprint density at radius 2 is 2.11 bits per heavy atom. The van der Waals surface area contributed by atoms with Gasteiger partial charge in [-0.05, 0) is 32.0 Å². The molecule has 0 aliphatic carbocycles. The highest BCUT2D eigenvalue weighted by Crippen LogP contribution is 2.36. The van der Waals surface area contributed by atoms with Crippen LogP contribution >= 0.6 is 11.3 Å². The fourth-order valence-electron chi connectivity index (χ4n) is 2.99. The van der Waals surface area contributed by atoms with E-state index in [0.717, 1.165) is 5.56 Å². The number of fused-ring (bicyclic) bond motifs is 1. The number of carbonyl (C=O) groups excluding carboxylic acids is 1. The maximum absolute atomic E-state index is 12.7. The van der Waals surface area contributed by atoms with Crippen molar-refractivity contribution in [2.24, 2.45) is 0 Å². The summed E-state index contributed by atoms with van der Waals surface area (Å²) in [4.78, 5) is 17.9. The number of aryl methyl sites for hydroxylation is 2. The lowest BCUT2D eigenvalue weighted by molar-refractivity contribution is -0.120. The Kier molecular flexibility index (Phi) is 4.35. The summed E-state index contributed by atoms with van der Waals surface area (Å²) in [6, 6.07) is 5.39. The van der Waals surface area contributed by atoms with E-state index in [1.807, 2.05) is 6.07 Å². The second kappa shape index (κ2) is 6.60. The van der Waals surface area contributed by atoms with Crippen molar-refractivity contribution in [1.82, 2.24) is 15.2 Å². The van der Waals surface area contributed by atoms with Crippen LogP contribution in [0.25, 0.3) is 11.3 Å². The van der Waals surface area contributed by atoms with Crippen LogP contribution in [0.3, 0.4) is 0 Å². The molecule has 0 unspecified atom stereocenters. The highest BCUT2D eigenvalue weighted by molar-refractivity contribution is 7.93. The average molecular weight is 419 g/mol. The molecule has 2 aromatic heterocycles. The van der Waals surface area contributed by atoms with Crippen molar-refractivity contribution in [3.8, 4) is 17.0 Å². The Morgan fingerprint density at radius 3 is 2.82 bits per heavy atom. The van der Waals surface area contributed by atoms with E-state index in [2.05, 4.69) is 19.9 Å². The summed E-state index contributed by atoms with van der Waals surface area (Å²) in [6.07, 6.45) is 0. The first-order valence-corrected chi connectivity index (χ1v) is 10.7. The zero-order chi connectivity index (χ0) is 20.1. The van der Waals surface area contributed by atoms with Crippen LogP contribution in [-0.2, 0) is 14.8 Å². The van der Waals surface area contributed by atoms with E-state index in [4.69, 9.17) is 4.74 Å². The zero-order valence-corrected chi connectivity index (χ0v) is 16.9. The molecule has 0 atom stereocenters. The minimum atomic E-state index is -3.80.